The minimum atomic E-state index is -0.423. The van der Waals surface area contributed by atoms with Crippen LogP contribution in [0.3, 0.4) is 0 Å². The number of nitrogens with zero attached hydrogens (tertiary/aromatic N) is 1. The molecule has 0 N–H and O–H groups in total. The van der Waals surface area contributed by atoms with Crippen LogP contribution in [0.25, 0.3) is 0 Å². The van der Waals surface area contributed by atoms with Crippen LogP contribution >= 0.6 is 11.6 Å². The summed E-state index contributed by atoms with van der Waals surface area (Å²) in [6.45, 7) is 4.27. The number of carbonyl (C=O) groups is 1. The maximum Gasteiger partial charge on any atom is 0.253 e. The molecule has 1 rings (SSSR count). The standard InChI is InChI=1S/C8H8ClNO/c1-2-4-10-5-3-7(6-10)8(9)11/h2-3,5-6H,1,4H2. The molecule has 0 aromatic carbocycles. The van der Waals surface area contributed by atoms with E-state index in [1.54, 1.807) is 24.5 Å². The van der Waals surface area contributed by atoms with E-state index in [2.05, 4.69) is 6.58 Å². The van der Waals surface area contributed by atoms with Crippen molar-refractivity contribution in [2.75, 3.05) is 0 Å². The normalized spacial score (nSPS) is 9.55. The SMILES string of the molecule is C=CCn1ccc(C(=O)Cl)c1. The van der Waals surface area contributed by atoms with Crippen LogP contribution in [0.4, 0.5) is 0 Å². The van der Waals surface area contributed by atoms with Gasteiger partial charge in [0.1, 0.15) is 0 Å². The van der Waals surface area contributed by atoms with E-state index in [1.807, 2.05) is 4.57 Å². The summed E-state index contributed by atoms with van der Waals surface area (Å²) in [6, 6.07) is 1.68. The molecular weight excluding hydrogens is 162 g/mol. The van der Waals surface area contributed by atoms with Gasteiger partial charge in [-0.05, 0) is 17.7 Å². The van der Waals surface area contributed by atoms with Crippen LogP contribution in [0.1, 0.15) is 10.4 Å². The van der Waals surface area contributed by atoms with Crippen LogP contribution < -0.4 is 0 Å². The molecule has 0 bridgehead atoms. The Labute approximate surface area is 70.1 Å². The van der Waals surface area contributed by atoms with E-state index in [1.165, 1.54) is 0 Å². The number of hydrogen-bond donors (Lipinski definition) is 0. The predicted molar refractivity (Wildman–Crippen MR) is 44.8 cm³/mol. The average molecular weight is 170 g/mol. The summed E-state index contributed by atoms with van der Waals surface area (Å²) in [5, 5.41) is -0.423. The Morgan fingerprint density at radius 2 is 2.55 bits per heavy atom. The Bertz CT molecular complexity index is 277. The zero-order valence-corrected chi connectivity index (χ0v) is 6.71. The lowest BCUT2D eigenvalue weighted by atomic mass is 10.4. The van der Waals surface area contributed by atoms with E-state index in [-0.39, 0.29) is 0 Å². The first-order chi connectivity index (χ1) is 5.24. The lowest BCUT2D eigenvalue weighted by molar-refractivity contribution is 0.108. The van der Waals surface area contributed by atoms with Gasteiger partial charge in [0.25, 0.3) is 5.24 Å². The molecule has 0 spiro atoms. The molecule has 1 aromatic rings. The van der Waals surface area contributed by atoms with Gasteiger partial charge in [-0.25, -0.2) is 0 Å². The number of carbonyl (C=O) groups excluding carboxylic acids is 1. The summed E-state index contributed by atoms with van der Waals surface area (Å²) in [4.78, 5) is 10.6. The fourth-order valence-electron chi connectivity index (χ4n) is 0.820. The lowest BCUT2D eigenvalue weighted by Gasteiger charge is -1.92. The quantitative estimate of drug-likeness (QED) is 0.502. The molecule has 1 aromatic heterocycles. The van der Waals surface area contributed by atoms with Crippen molar-refractivity contribution >= 4 is 16.8 Å². The summed E-state index contributed by atoms with van der Waals surface area (Å²) in [7, 11) is 0. The number of rotatable bonds is 3. The van der Waals surface area contributed by atoms with Crippen molar-refractivity contribution in [3.8, 4) is 0 Å². The molecule has 0 unspecified atom stereocenters. The Hall–Kier alpha value is -1.02. The molecule has 11 heavy (non-hydrogen) atoms. The largest absolute Gasteiger partial charge is 0.350 e. The number of allylic oxidation sites excluding steroid dienone is 1. The lowest BCUT2D eigenvalue weighted by Crippen LogP contribution is -1.90. The molecule has 58 valence electrons. The smallest absolute Gasteiger partial charge is 0.253 e. The van der Waals surface area contributed by atoms with Crippen molar-refractivity contribution in [1.29, 1.82) is 0 Å². The van der Waals surface area contributed by atoms with Crippen molar-refractivity contribution in [2.45, 2.75) is 6.54 Å². The fraction of sp³-hybridized carbons (Fsp3) is 0.125. The highest BCUT2D eigenvalue weighted by atomic mass is 35.5. The Morgan fingerprint density at radius 1 is 1.82 bits per heavy atom. The molecule has 0 amide bonds. The highest BCUT2D eigenvalue weighted by molar-refractivity contribution is 6.67. The van der Waals surface area contributed by atoms with Gasteiger partial charge in [-0.2, -0.15) is 0 Å². The number of halogens is 1. The van der Waals surface area contributed by atoms with Crippen LogP contribution in [0.15, 0.2) is 31.1 Å². The monoisotopic (exact) mass is 169 g/mol. The molecule has 0 aliphatic heterocycles. The molecule has 0 fully saturated rings. The van der Waals surface area contributed by atoms with E-state index in [9.17, 15) is 4.79 Å². The van der Waals surface area contributed by atoms with Gasteiger partial charge in [-0.3, -0.25) is 4.79 Å². The van der Waals surface area contributed by atoms with E-state index in [4.69, 9.17) is 11.6 Å². The summed E-state index contributed by atoms with van der Waals surface area (Å²) >= 11 is 5.24. The van der Waals surface area contributed by atoms with Gasteiger partial charge in [-0.1, -0.05) is 6.08 Å². The third kappa shape index (κ3) is 1.95. The number of hydrogen-bond acceptors (Lipinski definition) is 1. The summed E-state index contributed by atoms with van der Waals surface area (Å²) in [6.07, 6.45) is 5.23. The Kier molecular flexibility index (Phi) is 2.49. The molecule has 2 nitrogen and oxygen atoms in total. The first-order valence-corrected chi connectivity index (χ1v) is 3.58. The van der Waals surface area contributed by atoms with E-state index in [0.29, 0.717) is 12.1 Å². The highest BCUT2D eigenvalue weighted by Crippen LogP contribution is 2.04. The second-order valence-electron chi connectivity index (χ2n) is 2.16. The summed E-state index contributed by atoms with van der Waals surface area (Å²) in [5.74, 6) is 0. The van der Waals surface area contributed by atoms with Crippen LogP contribution in [-0.2, 0) is 6.54 Å². The molecule has 3 heteroatoms. The Morgan fingerprint density at radius 3 is 3.00 bits per heavy atom. The Balaban J connectivity index is 2.81. The third-order valence-corrected chi connectivity index (χ3v) is 1.54. The maximum atomic E-state index is 10.6. The molecule has 0 aliphatic carbocycles. The zero-order valence-electron chi connectivity index (χ0n) is 5.96. The zero-order chi connectivity index (χ0) is 8.27. The minimum Gasteiger partial charge on any atom is -0.350 e. The van der Waals surface area contributed by atoms with E-state index < -0.39 is 5.24 Å². The molecule has 0 aliphatic rings. The van der Waals surface area contributed by atoms with Gasteiger partial charge in [-0.15, -0.1) is 6.58 Å². The molecule has 0 saturated heterocycles. The van der Waals surface area contributed by atoms with Crippen LogP contribution in [0.5, 0.6) is 0 Å². The summed E-state index contributed by atoms with van der Waals surface area (Å²) < 4.78 is 1.84. The minimum absolute atomic E-state index is 0.423. The summed E-state index contributed by atoms with van der Waals surface area (Å²) in [5.41, 5.74) is 0.522. The van der Waals surface area contributed by atoms with Crippen LogP contribution in [-0.4, -0.2) is 9.81 Å². The first kappa shape index (κ1) is 8.08. The molecule has 0 saturated carbocycles. The van der Waals surface area contributed by atoms with Crippen molar-refractivity contribution in [3.63, 3.8) is 0 Å². The van der Waals surface area contributed by atoms with E-state index in [0.717, 1.165) is 0 Å². The van der Waals surface area contributed by atoms with Gasteiger partial charge < -0.3 is 4.57 Å². The highest BCUT2D eigenvalue weighted by Gasteiger charge is 2.01. The molecule has 0 radical (unpaired) electrons. The second kappa shape index (κ2) is 3.39. The third-order valence-electron chi connectivity index (χ3n) is 1.32. The van der Waals surface area contributed by atoms with Gasteiger partial charge in [0.2, 0.25) is 0 Å². The predicted octanol–water partition coefficient (Wildman–Crippen LogP) is 2.05. The van der Waals surface area contributed by atoms with Crippen LogP contribution in [0, 0.1) is 0 Å². The molecular formula is C8H8ClNO. The van der Waals surface area contributed by atoms with Gasteiger partial charge >= 0.3 is 0 Å². The molecule has 0 atom stereocenters. The van der Waals surface area contributed by atoms with Gasteiger partial charge in [0.05, 0.1) is 5.56 Å². The topological polar surface area (TPSA) is 22.0 Å². The molecule has 1 heterocycles. The number of aromatic nitrogens is 1. The van der Waals surface area contributed by atoms with Gasteiger partial charge in [0.15, 0.2) is 0 Å². The van der Waals surface area contributed by atoms with Crippen molar-refractivity contribution < 1.29 is 4.79 Å². The van der Waals surface area contributed by atoms with Crippen molar-refractivity contribution in [2.24, 2.45) is 0 Å². The second-order valence-corrected chi connectivity index (χ2v) is 2.50. The fourth-order valence-corrected chi connectivity index (χ4v) is 0.931. The van der Waals surface area contributed by atoms with Crippen molar-refractivity contribution in [3.05, 3.63) is 36.7 Å². The van der Waals surface area contributed by atoms with E-state index >= 15 is 0 Å². The van der Waals surface area contributed by atoms with Crippen molar-refractivity contribution in [1.82, 2.24) is 4.57 Å². The van der Waals surface area contributed by atoms with Crippen LogP contribution in [0.2, 0.25) is 0 Å². The average Bonchev–Trinajstić information content (AvgIpc) is 2.37. The maximum absolute atomic E-state index is 10.6. The first-order valence-electron chi connectivity index (χ1n) is 3.20. The van der Waals surface area contributed by atoms with Gasteiger partial charge in [0, 0.05) is 18.9 Å².